The lowest BCUT2D eigenvalue weighted by Crippen LogP contribution is -2.39. The lowest BCUT2D eigenvalue weighted by molar-refractivity contribution is -0.119. The van der Waals surface area contributed by atoms with E-state index in [4.69, 9.17) is 25.8 Å². The first-order valence-electron chi connectivity index (χ1n) is 13.6. The number of hydrogen-bond donors (Lipinski definition) is 1. The van der Waals surface area contributed by atoms with E-state index in [-0.39, 0.29) is 4.90 Å². The number of para-hydroxylation sites is 1. The van der Waals surface area contributed by atoms with Crippen molar-refractivity contribution >= 4 is 39.4 Å². The number of carbonyl (C=O) groups excluding carboxylic acids is 1. The van der Waals surface area contributed by atoms with Crippen molar-refractivity contribution in [1.82, 2.24) is 5.43 Å². The van der Waals surface area contributed by atoms with Gasteiger partial charge in [0.25, 0.3) is 15.9 Å². The molecule has 0 bridgehead atoms. The molecule has 0 aliphatic carbocycles. The molecule has 224 valence electrons. The average molecular weight is 622 g/mol. The first-order chi connectivity index (χ1) is 20.8. The molecule has 0 spiro atoms. The van der Waals surface area contributed by atoms with Gasteiger partial charge >= 0.3 is 0 Å². The Balaban J connectivity index is 1.45. The Labute approximate surface area is 256 Å². The zero-order chi connectivity index (χ0) is 30.7. The van der Waals surface area contributed by atoms with E-state index in [0.717, 1.165) is 9.87 Å². The molecule has 4 aromatic carbocycles. The lowest BCUT2D eigenvalue weighted by Gasteiger charge is -2.23. The fourth-order valence-electron chi connectivity index (χ4n) is 3.99. The summed E-state index contributed by atoms with van der Waals surface area (Å²) in [6.45, 7) is 4.43. The number of halogens is 1. The third kappa shape index (κ3) is 8.73. The van der Waals surface area contributed by atoms with Crippen LogP contribution in [0.1, 0.15) is 25.0 Å². The fraction of sp³-hybridized carbons (Fsp3) is 0.188. The molecular formula is C32H32ClN3O6S. The van der Waals surface area contributed by atoms with Gasteiger partial charge in [0.1, 0.15) is 18.9 Å². The minimum Gasteiger partial charge on any atom is -0.494 e. The van der Waals surface area contributed by atoms with Crippen molar-refractivity contribution in [3.8, 4) is 17.2 Å². The van der Waals surface area contributed by atoms with E-state index < -0.39 is 22.5 Å². The van der Waals surface area contributed by atoms with Crippen molar-refractivity contribution in [2.24, 2.45) is 5.10 Å². The van der Waals surface area contributed by atoms with Crippen LogP contribution in [0, 0.1) is 0 Å². The van der Waals surface area contributed by atoms with Gasteiger partial charge in [-0.05, 0) is 91.7 Å². The molecule has 0 fully saturated rings. The number of nitrogens with one attached hydrogen (secondary N) is 1. The maximum absolute atomic E-state index is 13.6. The highest BCUT2D eigenvalue weighted by Crippen LogP contribution is 2.29. The predicted molar refractivity (Wildman–Crippen MR) is 168 cm³/mol. The summed E-state index contributed by atoms with van der Waals surface area (Å²) in [6.07, 6.45) is 1.44. The number of nitrogens with zero attached hydrogens (tertiary/aromatic N) is 2. The highest BCUT2D eigenvalue weighted by atomic mass is 35.5. The van der Waals surface area contributed by atoms with Crippen LogP contribution in [0.25, 0.3) is 0 Å². The molecule has 11 heteroatoms. The van der Waals surface area contributed by atoms with Crippen LogP contribution in [0.15, 0.2) is 107 Å². The van der Waals surface area contributed by atoms with Gasteiger partial charge < -0.3 is 14.2 Å². The molecule has 1 N–H and O–H groups in total. The molecule has 4 aromatic rings. The number of carbonyl (C=O) groups is 1. The average Bonchev–Trinajstić information content (AvgIpc) is 3.01. The largest absolute Gasteiger partial charge is 0.494 e. The van der Waals surface area contributed by atoms with Gasteiger partial charge in [-0.1, -0.05) is 41.9 Å². The highest BCUT2D eigenvalue weighted by molar-refractivity contribution is 7.92. The van der Waals surface area contributed by atoms with E-state index in [1.165, 1.54) is 18.3 Å². The first kappa shape index (κ1) is 31.4. The minimum absolute atomic E-state index is 0.0259. The summed E-state index contributed by atoms with van der Waals surface area (Å²) in [5, 5.41) is 4.69. The van der Waals surface area contributed by atoms with Crippen molar-refractivity contribution in [3.05, 3.63) is 113 Å². The number of ether oxygens (including phenoxy) is 3. The summed E-state index contributed by atoms with van der Waals surface area (Å²) in [7, 11) is -4.07. The molecule has 0 aromatic heterocycles. The third-order valence-electron chi connectivity index (χ3n) is 6.03. The Hall–Kier alpha value is -4.54. The number of hydrazone groups is 1. The molecule has 0 atom stereocenters. The number of sulfonamides is 1. The summed E-state index contributed by atoms with van der Waals surface area (Å²) in [5.41, 5.74) is 4.35. The Morgan fingerprint density at radius 1 is 0.860 bits per heavy atom. The van der Waals surface area contributed by atoms with Gasteiger partial charge in [-0.15, -0.1) is 0 Å². The van der Waals surface area contributed by atoms with Gasteiger partial charge in [0.15, 0.2) is 11.5 Å². The Morgan fingerprint density at radius 3 is 2.23 bits per heavy atom. The normalized spacial score (nSPS) is 11.2. The van der Waals surface area contributed by atoms with Gasteiger partial charge in [-0.2, -0.15) is 5.10 Å². The molecule has 1 amide bonds. The van der Waals surface area contributed by atoms with Crippen LogP contribution in [0.5, 0.6) is 17.2 Å². The minimum atomic E-state index is -4.07. The Kier molecular flexibility index (Phi) is 11.0. The predicted octanol–water partition coefficient (Wildman–Crippen LogP) is 6.06. The molecule has 0 saturated carbocycles. The second-order valence-corrected chi connectivity index (χ2v) is 11.4. The van der Waals surface area contributed by atoms with E-state index in [1.54, 1.807) is 72.8 Å². The van der Waals surface area contributed by atoms with E-state index in [1.807, 2.05) is 26.0 Å². The molecule has 0 aliphatic rings. The maximum Gasteiger partial charge on any atom is 0.264 e. The topological polar surface area (TPSA) is 107 Å². The van der Waals surface area contributed by atoms with Crippen LogP contribution in [0.3, 0.4) is 0 Å². The van der Waals surface area contributed by atoms with Gasteiger partial charge in [-0.25, -0.2) is 13.8 Å². The molecule has 0 unspecified atom stereocenters. The van der Waals surface area contributed by atoms with Crippen LogP contribution in [-0.2, 0) is 21.4 Å². The molecule has 9 nitrogen and oxygen atoms in total. The SMILES string of the molecule is CCOc1ccc(S(=O)(=O)N(CC(=O)N/N=C/c2ccc(OCc3ccc(Cl)cc3)c(OCC)c2)c2ccccc2)cc1. The number of rotatable bonds is 14. The number of benzene rings is 4. The number of amides is 1. The molecule has 0 heterocycles. The second-order valence-electron chi connectivity index (χ2n) is 9.10. The van der Waals surface area contributed by atoms with Gasteiger partial charge in [0.2, 0.25) is 0 Å². The third-order valence-corrected chi connectivity index (χ3v) is 8.07. The van der Waals surface area contributed by atoms with Crippen molar-refractivity contribution < 1.29 is 27.4 Å². The van der Waals surface area contributed by atoms with Crippen molar-refractivity contribution in [2.75, 3.05) is 24.1 Å². The molecule has 0 saturated heterocycles. The standard InChI is InChI=1S/C32H32ClN3O6S/c1-3-40-28-15-17-29(18-16-28)43(38,39)36(27-8-6-5-7-9-27)22-32(37)35-34-21-25-12-19-30(31(20-25)41-4-2)42-23-24-10-13-26(33)14-11-24/h5-21H,3-4,22-23H2,1-2H3,(H,35,37)/b34-21+. The van der Waals surface area contributed by atoms with Crippen molar-refractivity contribution in [3.63, 3.8) is 0 Å². The quantitative estimate of drug-likeness (QED) is 0.135. The number of hydrogen-bond acceptors (Lipinski definition) is 7. The molecular weight excluding hydrogens is 590 g/mol. The van der Waals surface area contributed by atoms with Crippen LogP contribution in [0.2, 0.25) is 5.02 Å². The molecule has 43 heavy (non-hydrogen) atoms. The van der Waals surface area contributed by atoms with Crippen LogP contribution in [0.4, 0.5) is 5.69 Å². The Bertz CT molecular complexity index is 1630. The maximum atomic E-state index is 13.6. The fourth-order valence-corrected chi connectivity index (χ4v) is 5.54. The zero-order valence-electron chi connectivity index (χ0n) is 23.8. The summed E-state index contributed by atoms with van der Waals surface area (Å²) < 4.78 is 45.2. The van der Waals surface area contributed by atoms with Gasteiger partial charge in [0.05, 0.1) is 30.0 Å². The second kappa shape index (κ2) is 15.1. The van der Waals surface area contributed by atoms with E-state index in [2.05, 4.69) is 10.5 Å². The molecule has 4 rings (SSSR count). The van der Waals surface area contributed by atoms with Crippen LogP contribution >= 0.6 is 11.6 Å². The van der Waals surface area contributed by atoms with Crippen LogP contribution in [-0.4, -0.2) is 40.3 Å². The summed E-state index contributed by atoms with van der Waals surface area (Å²) in [4.78, 5) is 12.9. The van der Waals surface area contributed by atoms with Gasteiger partial charge in [-0.3, -0.25) is 9.10 Å². The van der Waals surface area contributed by atoms with E-state index in [0.29, 0.717) is 53.3 Å². The molecule has 0 radical (unpaired) electrons. The zero-order valence-corrected chi connectivity index (χ0v) is 25.3. The first-order valence-corrected chi connectivity index (χ1v) is 15.4. The monoisotopic (exact) mass is 621 g/mol. The van der Waals surface area contributed by atoms with E-state index >= 15 is 0 Å². The van der Waals surface area contributed by atoms with Crippen molar-refractivity contribution in [2.45, 2.75) is 25.3 Å². The van der Waals surface area contributed by atoms with E-state index in [9.17, 15) is 13.2 Å². The molecule has 0 aliphatic heterocycles. The summed E-state index contributed by atoms with van der Waals surface area (Å²) in [6, 6.07) is 27.1. The summed E-state index contributed by atoms with van der Waals surface area (Å²) >= 11 is 5.95. The lowest BCUT2D eigenvalue weighted by atomic mass is 10.2. The van der Waals surface area contributed by atoms with Crippen LogP contribution < -0.4 is 23.9 Å². The highest BCUT2D eigenvalue weighted by Gasteiger charge is 2.27. The smallest absolute Gasteiger partial charge is 0.264 e. The van der Waals surface area contributed by atoms with Crippen molar-refractivity contribution in [1.29, 1.82) is 0 Å². The number of anilines is 1. The Morgan fingerprint density at radius 2 is 1.56 bits per heavy atom. The van der Waals surface area contributed by atoms with Gasteiger partial charge in [0, 0.05) is 5.02 Å². The summed E-state index contributed by atoms with van der Waals surface area (Å²) in [5.74, 6) is 0.996.